The number of hydrogen-bond donors (Lipinski definition) is 0. The van der Waals surface area contributed by atoms with Gasteiger partial charge in [-0.05, 0) is 74.8 Å². The zero-order valence-electron chi connectivity index (χ0n) is 33.7. The summed E-state index contributed by atoms with van der Waals surface area (Å²) in [6.45, 7) is 4.61. The van der Waals surface area contributed by atoms with Crippen LogP contribution in [0.3, 0.4) is 0 Å². The molecule has 1 aliphatic rings. The highest BCUT2D eigenvalue weighted by Crippen LogP contribution is 2.50. The van der Waals surface area contributed by atoms with Gasteiger partial charge in [0.05, 0.1) is 5.69 Å². The minimum atomic E-state index is -0.161. The molecule has 61 heavy (non-hydrogen) atoms. The fourth-order valence-corrected chi connectivity index (χ4v) is 9.54. The van der Waals surface area contributed by atoms with Crippen molar-refractivity contribution in [3.8, 4) is 45.3 Å². The monoisotopic (exact) mass is 782 g/mol. The van der Waals surface area contributed by atoms with Crippen LogP contribution in [0, 0.1) is 0 Å². The second kappa shape index (κ2) is 13.6. The van der Waals surface area contributed by atoms with Crippen LogP contribution in [-0.4, -0.2) is 15.0 Å². The Balaban J connectivity index is 1.08. The molecule has 0 amide bonds. The maximum atomic E-state index is 6.89. The number of furan rings is 1. The van der Waals surface area contributed by atoms with Crippen LogP contribution in [0.2, 0.25) is 0 Å². The van der Waals surface area contributed by atoms with Crippen LogP contribution >= 0.6 is 0 Å². The summed E-state index contributed by atoms with van der Waals surface area (Å²) >= 11 is 0. The molecule has 2 heterocycles. The Morgan fingerprint density at radius 2 is 1.07 bits per heavy atom. The molecule has 0 saturated carbocycles. The van der Waals surface area contributed by atoms with Crippen LogP contribution in [0.5, 0.6) is 0 Å². The van der Waals surface area contributed by atoms with Crippen molar-refractivity contribution in [2.24, 2.45) is 0 Å². The van der Waals surface area contributed by atoms with Crippen LogP contribution in [-0.2, 0) is 5.41 Å². The normalized spacial score (nSPS) is 12.9. The highest BCUT2D eigenvalue weighted by atomic mass is 16.3. The van der Waals surface area contributed by atoms with Gasteiger partial charge in [0.2, 0.25) is 0 Å². The molecule has 1 aliphatic carbocycles. The van der Waals surface area contributed by atoms with Gasteiger partial charge in [0, 0.05) is 55.7 Å². The van der Waals surface area contributed by atoms with E-state index >= 15 is 0 Å². The van der Waals surface area contributed by atoms with E-state index in [2.05, 4.69) is 183 Å². The molecule has 0 bridgehead atoms. The van der Waals surface area contributed by atoms with E-state index in [0.29, 0.717) is 17.5 Å². The Kier molecular flexibility index (Phi) is 7.81. The average Bonchev–Trinajstić information content (AvgIpc) is 3.81. The van der Waals surface area contributed by atoms with Gasteiger partial charge in [-0.2, -0.15) is 0 Å². The first-order valence-corrected chi connectivity index (χ1v) is 20.8. The van der Waals surface area contributed by atoms with Gasteiger partial charge in [-0.1, -0.05) is 166 Å². The fourth-order valence-electron chi connectivity index (χ4n) is 9.54. The van der Waals surface area contributed by atoms with Gasteiger partial charge in [-0.15, -0.1) is 0 Å². The maximum absolute atomic E-state index is 6.89. The zero-order chi connectivity index (χ0) is 40.7. The number of nitrogens with zero attached hydrogens (tertiary/aromatic N) is 4. The number of fused-ring (bicyclic) bond motifs is 9. The molecule has 5 nitrogen and oxygen atoms in total. The Labute approximate surface area is 353 Å². The third-order valence-electron chi connectivity index (χ3n) is 12.5. The van der Waals surface area contributed by atoms with Crippen LogP contribution in [0.25, 0.3) is 88.8 Å². The zero-order valence-corrected chi connectivity index (χ0v) is 33.7. The van der Waals surface area contributed by atoms with Crippen molar-refractivity contribution in [3.05, 3.63) is 205 Å². The molecule has 0 atom stereocenters. The molecule has 9 aromatic carbocycles. The SMILES string of the molecule is CC1(C)c2ccccc2-c2ccc(-c3nc(-c4ccccc4)nc(-c4cccc5oc6cc(N(c7ccccc7)c7ccc8ccccc8c7)c7ccccc7c6c45)n3)cc21. The minimum absolute atomic E-state index is 0.161. The van der Waals surface area contributed by atoms with Crippen molar-refractivity contribution in [1.82, 2.24) is 15.0 Å². The quantitative estimate of drug-likeness (QED) is 0.168. The first kappa shape index (κ1) is 35.1. The molecule has 0 spiro atoms. The van der Waals surface area contributed by atoms with Crippen LogP contribution in [0.15, 0.2) is 199 Å². The summed E-state index contributed by atoms with van der Waals surface area (Å²) in [5, 5.41) is 6.57. The Morgan fingerprint density at radius 1 is 0.410 bits per heavy atom. The van der Waals surface area contributed by atoms with E-state index in [1.807, 2.05) is 30.3 Å². The van der Waals surface area contributed by atoms with Crippen molar-refractivity contribution < 1.29 is 4.42 Å². The summed E-state index contributed by atoms with van der Waals surface area (Å²) in [6, 6.07) is 68.3. The number of benzene rings is 9. The summed E-state index contributed by atoms with van der Waals surface area (Å²) in [5.74, 6) is 1.84. The lowest BCUT2D eigenvalue weighted by Crippen LogP contribution is -2.15. The van der Waals surface area contributed by atoms with E-state index in [1.165, 1.54) is 33.0 Å². The predicted molar refractivity (Wildman–Crippen MR) is 251 cm³/mol. The first-order valence-electron chi connectivity index (χ1n) is 20.8. The molecule has 0 unspecified atom stereocenters. The third-order valence-corrected chi connectivity index (χ3v) is 12.5. The van der Waals surface area contributed by atoms with Crippen molar-refractivity contribution in [1.29, 1.82) is 0 Å². The Hall–Kier alpha value is -7.89. The lowest BCUT2D eigenvalue weighted by Gasteiger charge is -2.27. The standard InChI is InChI=1S/C56H38N4O/c1-56(2)46-26-14-13-22-41(46)42-31-29-38(33-47(42)56)54-57-53(36-17-5-3-6-18-36)58-55(59-54)45-25-15-27-49-52(45)51-44-24-12-11-23-43(44)48(34-50(51)61-49)60(39-20-7-4-8-21-39)40-30-28-35-16-9-10-19-37(35)32-40/h3-34H,1-2H3. The van der Waals surface area contributed by atoms with Gasteiger partial charge in [-0.25, -0.2) is 15.0 Å². The number of anilines is 3. The van der Waals surface area contributed by atoms with Crippen molar-refractivity contribution >= 4 is 60.5 Å². The lowest BCUT2D eigenvalue weighted by molar-refractivity contribution is 0.660. The molecule has 0 N–H and O–H groups in total. The smallest absolute Gasteiger partial charge is 0.164 e. The van der Waals surface area contributed by atoms with Crippen molar-refractivity contribution in [2.75, 3.05) is 4.90 Å². The molecular weight excluding hydrogens is 745 g/mol. The van der Waals surface area contributed by atoms with Crippen molar-refractivity contribution in [2.45, 2.75) is 19.3 Å². The van der Waals surface area contributed by atoms with E-state index in [0.717, 1.165) is 66.5 Å². The fraction of sp³-hybridized carbons (Fsp3) is 0.0536. The third kappa shape index (κ3) is 5.58. The van der Waals surface area contributed by atoms with E-state index in [1.54, 1.807) is 0 Å². The summed E-state index contributed by atoms with van der Waals surface area (Å²) in [7, 11) is 0. The largest absolute Gasteiger partial charge is 0.456 e. The summed E-state index contributed by atoms with van der Waals surface area (Å²) < 4.78 is 6.89. The van der Waals surface area contributed by atoms with Crippen LogP contribution in [0.1, 0.15) is 25.0 Å². The number of para-hydroxylation sites is 1. The van der Waals surface area contributed by atoms with Crippen LogP contribution in [0.4, 0.5) is 17.1 Å². The van der Waals surface area contributed by atoms with Crippen LogP contribution < -0.4 is 4.90 Å². The molecule has 0 aliphatic heterocycles. The summed E-state index contributed by atoms with van der Waals surface area (Å²) in [4.78, 5) is 18.0. The molecule has 2 aromatic heterocycles. The minimum Gasteiger partial charge on any atom is -0.456 e. The van der Waals surface area contributed by atoms with E-state index < -0.39 is 0 Å². The van der Waals surface area contributed by atoms with E-state index in [9.17, 15) is 0 Å². The van der Waals surface area contributed by atoms with Gasteiger partial charge in [-0.3, -0.25) is 0 Å². The molecule has 5 heteroatoms. The number of hydrogen-bond acceptors (Lipinski definition) is 5. The van der Waals surface area contributed by atoms with Gasteiger partial charge in [0.15, 0.2) is 17.5 Å². The van der Waals surface area contributed by atoms with Gasteiger partial charge in [0.25, 0.3) is 0 Å². The summed E-state index contributed by atoms with van der Waals surface area (Å²) in [6.07, 6.45) is 0. The number of aromatic nitrogens is 3. The van der Waals surface area contributed by atoms with E-state index in [-0.39, 0.29) is 5.41 Å². The van der Waals surface area contributed by atoms with Gasteiger partial charge in [0.1, 0.15) is 11.2 Å². The summed E-state index contributed by atoms with van der Waals surface area (Å²) in [5.41, 5.74) is 12.5. The first-order chi connectivity index (χ1) is 30.0. The molecule has 288 valence electrons. The molecule has 11 aromatic rings. The van der Waals surface area contributed by atoms with E-state index in [4.69, 9.17) is 19.4 Å². The predicted octanol–water partition coefficient (Wildman–Crippen LogP) is 14.9. The second-order valence-electron chi connectivity index (χ2n) is 16.4. The van der Waals surface area contributed by atoms with Gasteiger partial charge >= 0.3 is 0 Å². The second-order valence-corrected chi connectivity index (χ2v) is 16.4. The molecule has 0 radical (unpaired) electrons. The topological polar surface area (TPSA) is 55.1 Å². The maximum Gasteiger partial charge on any atom is 0.164 e. The average molecular weight is 783 g/mol. The molecule has 0 saturated heterocycles. The molecule has 12 rings (SSSR count). The highest BCUT2D eigenvalue weighted by molar-refractivity contribution is 6.25. The Bertz CT molecular complexity index is 3520. The Morgan fingerprint density at radius 3 is 1.90 bits per heavy atom. The lowest BCUT2D eigenvalue weighted by atomic mass is 9.82. The van der Waals surface area contributed by atoms with Crippen molar-refractivity contribution in [3.63, 3.8) is 0 Å². The number of rotatable bonds is 6. The highest BCUT2D eigenvalue weighted by Gasteiger charge is 2.35. The molecule has 0 fully saturated rings. The molecular formula is C56H38N4O. The van der Waals surface area contributed by atoms with Gasteiger partial charge < -0.3 is 9.32 Å².